The number of aromatic nitrogens is 1. The van der Waals surface area contributed by atoms with Gasteiger partial charge in [0, 0.05) is 0 Å². The molecule has 1 atom stereocenters. The number of thiazole rings is 1. The molecule has 0 saturated heterocycles. The molecule has 0 fully saturated rings. The van der Waals surface area contributed by atoms with Crippen molar-refractivity contribution < 1.29 is 17.9 Å². The first-order chi connectivity index (χ1) is 8.79. The minimum absolute atomic E-state index is 0.0346. The van der Waals surface area contributed by atoms with Crippen molar-refractivity contribution in [3.05, 3.63) is 30.4 Å². The summed E-state index contributed by atoms with van der Waals surface area (Å²) in [5.41, 5.74) is -1.23. The van der Waals surface area contributed by atoms with Crippen LogP contribution in [0, 0.1) is 0 Å². The molecule has 0 aliphatic heterocycles. The van der Waals surface area contributed by atoms with Gasteiger partial charge in [-0.05, 0) is 19.1 Å². The van der Waals surface area contributed by atoms with Gasteiger partial charge < -0.3 is 14.8 Å². The van der Waals surface area contributed by atoms with E-state index in [0.717, 1.165) is 11.3 Å². The molecular formula is C10H13N3O4S2. The van der Waals surface area contributed by atoms with Gasteiger partial charge in [0.05, 0.1) is 19.0 Å². The summed E-state index contributed by atoms with van der Waals surface area (Å²) in [6.45, 7) is 1.70. The zero-order valence-electron chi connectivity index (χ0n) is 10.0. The Bertz CT molecular complexity index is 646. The molecule has 9 heteroatoms. The molecule has 19 heavy (non-hydrogen) atoms. The number of anilines is 1. The topological polar surface area (TPSA) is 118 Å². The van der Waals surface area contributed by atoms with Crippen LogP contribution in [0.5, 0.6) is 0 Å². The fourth-order valence-electron chi connectivity index (χ4n) is 1.39. The van der Waals surface area contributed by atoms with Crippen molar-refractivity contribution in [3.8, 4) is 0 Å². The van der Waals surface area contributed by atoms with E-state index in [-0.39, 0.29) is 10.8 Å². The predicted molar refractivity (Wildman–Crippen MR) is 70.3 cm³/mol. The summed E-state index contributed by atoms with van der Waals surface area (Å²) in [5.74, 6) is 0.406. The third kappa shape index (κ3) is 3.32. The fourth-order valence-corrected chi connectivity index (χ4v) is 2.84. The first-order valence-corrected chi connectivity index (χ1v) is 7.64. The van der Waals surface area contributed by atoms with E-state index in [2.05, 4.69) is 10.3 Å². The van der Waals surface area contributed by atoms with Crippen molar-refractivity contribution in [1.82, 2.24) is 4.98 Å². The second kappa shape index (κ2) is 4.93. The van der Waals surface area contributed by atoms with Gasteiger partial charge in [0.2, 0.25) is 10.0 Å². The van der Waals surface area contributed by atoms with Gasteiger partial charge in [-0.2, -0.15) is 0 Å². The number of hydrogen-bond donors (Lipinski definition) is 3. The Morgan fingerprint density at radius 3 is 2.89 bits per heavy atom. The van der Waals surface area contributed by atoms with E-state index < -0.39 is 15.6 Å². The summed E-state index contributed by atoms with van der Waals surface area (Å²) < 4.78 is 27.3. The third-order valence-corrected chi connectivity index (χ3v) is 4.76. The number of rotatable bonds is 5. The second-order valence-corrected chi connectivity index (χ2v) is 6.95. The van der Waals surface area contributed by atoms with Gasteiger partial charge in [0.25, 0.3) is 0 Å². The van der Waals surface area contributed by atoms with Crippen LogP contribution >= 0.6 is 11.3 Å². The monoisotopic (exact) mass is 303 g/mol. The van der Waals surface area contributed by atoms with Crippen LogP contribution in [0.25, 0.3) is 0 Å². The molecule has 0 aromatic carbocycles. The molecule has 0 amide bonds. The lowest BCUT2D eigenvalue weighted by Crippen LogP contribution is -2.30. The average Bonchev–Trinajstić information content (AvgIpc) is 2.97. The van der Waals surface area contributed by atoms with E-state index >= 15 is 0 Å². The highest BCUT2D eigenvalue weighted by molar-refractivity contribution is 7.91. The lowest BCUT2D eigenvalue weighted by atomic mass is 10.0. The van der Waals surface area contributed by atoms with Crippen LogP contribution in [-0.4, -0.2) is 25.1 Å². The highest BCUT2D eigenvalue weighted by Crippen LogP contribution is 2.25. The van der Waals surface area contributed by atoms with Crippen LogP contribution in [-0.2, 0) is 15.6 Å². The summed E-state index contributed by atoms with van der Waals surface area (Å²) in [6, 6.07) is 3.32. The van der Waals surface area contributed by atoms with Crippen LogP contribution in [0.4, 0.5) is 5.13 Å². The standard InChI is InChI=1S/C10H13N3O4S2/c1-10(14,7-3-2-4-17-7)6-13-9-12-5-8(18-9)19(11,15)16/h2-5,14H,6H2,1H3,(H,12,13)(H2,11,15,16). The zero-order valence-corrected chi connectivity index (χ0v) is 11.7. The summed E-state index contributed by atoms with van der Waals surface area (Å²) >= 11 is 0.901. The highest BCUT2D eigenvalue weighted by atomic mass is 32.2. The van der Waals surface area contributed by atoms with Crippen LogP contribution in [0.2, 0.25) is 0 Å². The summed E-state index contributed by atoms with van der Waals surface area (Å²) in [5, 5.41) is 18.4. The number of primary sulfonamides is 1. The lowest BCUT2D eigenvalue weighted by Gasteiger charge is -2.20. The molecule has 7 nitrogen and oxygen atoms in total. The molecular weight excluding hydrogens is 290 g/mol. The van der Waals surface area contributed by atoms with Gasteiger partial charge in [-0.25, -0.2) is 18.5 Å². The third-order valence-electron chi connectivity index (χ3n) is 2.40. The lowest BCUT2D eigenvalue weighted by molar-refractivity contribution is 0.0476. The number of nitrogens with two attached hydrogens (primary N) is 1. The van der Waals surface area contributed by atoms with Gasteiger partial charge in [0.15, 0.2) is 9.34 Å². The van der Waals surface area contributed by atoms with Crippen molar-refractivity contribution in [2.45, 2.75) is 16.7 Å². The van der Waals surface area contributed by atoms with Crippen molar-refractivity contribution in [2.75, 3.05) is 11.9 Å². The van der Waals surface area contributed by atoms with E-state index in [9.17, 15) is 13.5 Å². The molecule has 0 aliphatic carbocycles. The molecule has 104 valence electrons. The van der Waals surface area contributed by atoms with Gasteiger partial charge in [-0.3, -0.25) is 0 Å². The Morgan fingerprint density at radius 2 is 2.37 bits per heavy atom. The maximum Gasteiger partial charge on any atom is 0.249 e. The maximum absolute atomic E-state index is 11.1. The smallest absolute Gasteiger partial charge is 0.249 e. The molecule has 2 rings (SSSR count). The normalized spacial score (nSPS) is 15.1. The first-order valence-electron chi connectivity index (χ1n) is 5.28. The average molecular weight is 303 g/mol. The number of nitrogens with one attached hydrogen (secondary N) is 1. The summed E-state index contributed by atoms with van der Waals surface area (Å²) in [6.07, 6.45) is 2.64. The quantitative estimate of drug-likeness (QED) is 0.748. The van der Waals surface area contributed by atoms with Crippen molar-refractivity contribution in [3.63, 3.8) is 0 Å². The molecule has 2 heterocycles. The molecule has 0 bridgehead atoms. The predicted octanol–water partition coefficient (Wildman–Crippen LogP) is 0.703. The Kier molecular flexibility index (Phi) is 3.63. The molecule has 2 aromatic rings. The zero-order chi connectivity index (χ0) is 14.1. The van der Waals surface area contributed by atoms with Gasteiger partial charge >= 0.3 is 0 Å². The summed E-state index contributed by atoms with van der Waals surface area (Å²) in [7, 11) is -3.74. The van der Waals surface area contributed by atoms with E-state index in [4.69, 9.17) is 9.56 Å². The Labute approximate surface area is 114 Å². The van der Waals surface area contributed by atoms with Crippen molar-refractivity contribution in [2.24, 2.45) is 5.14 Å². The summed E-state index contributed by atoms with van der Waals surface area (Å²) in [4.78, 5) is 3.87. The van der Waals surface area contributed by atoms with Crippen molar-refractivity contribution in [1.29, 1.82) is 0 Å². The number of aliphatic hydroxyl groups is 1. The maximum atomic E-state index is 11.1. The van der Waals surface area contributed by atoms with Crippen LogP contribution in [0.15, 0.2) is 33.2 Å². The number of nitrogens with zero attached hydrogens (tertiary/aromatic N) is 1. The molecule has 0 radical (unpaired) electrons. The van der Waals surface area contributed by atoms with Crippen molar-refractivity contribution >= 4 is 26.5 Å². The minimum atomic E-state index is -3.74. The fraction of sp³-hybridized carbons (Fsp3) is 0.300. The number of sulfonamides is 1. The largest absolute Gasteiger partial charge is 0.466 e. The number of furan rings is 1. The molecule has 2 aromatic heterocycles. The van der Waals surface area contributed by atoms with E-state index in [1.54, 1.807) is 19.1 Å². The van der Waals surface area contributed by atoms with E-state index in [0.29, 0.717) is 10.9 Å². The van der Waals surface area contributed by atoms with Crippen LogP contribution in [0.1, 0.15) is 12.7 Å². The highest BCUT2D eigenvalue weighted by Gasteiger charge is 2.26. The number of hydrogen-bond acceptors (Lipinski definition) is 7. The Hall–Kier alpha value is -1.42. The van der Waals surface area contributed by atoms with Gasteiger partial charge in [-0.1, -0.05) is 11.3 Å². The van der Waals surface area contributed by atoms with Gasteiger partial charge in [0.1, 0.15) is 11.4 Å². The SMILES string of the molecule is CC(O)(CNc1ncc(S(N)(=O)=O)s1)c1ccco1. The molecule has 0 aliphatic rings. The second-order valence-electron chi connectivity index (χ2n) is 4.13. The Morgan fingerprint density at radius 1 is 1.63 bits per heavy atom. The molecule has 0 saturated carbocycles. The molecule has 1 unspecified atom stereocenters. The van der Waals surface area contributed by atoms with Gasteiger partial charge in [-0.15, -0.1) is 0 Å². The molecule has 0 spiro atoms. The molecule has 4 N–H and O–H groups in total. The van der Waals surface area contributed by atoms with E-state index in [1.165, 1.54) is 12.5 Å². The Balaban J connectivity index is 2.05. The minimum Gasteiger partial charge on any atom is -0.466 e. The van der Waals surface area contributed by atoms with Crippen LogP contribution < -0.4 is 10.5 Å². The van der Waals surface area contributed by atoms with E-state index in [1.807, 2.05) is 0 Å². The van der Waals surface area contributed by atoms with Crippen LogP contribution in [0.3, 0.4) is 0 Å². The first kappa shape index (κ1) is 14.0.